The van der Waals surface area contributed by atoms with Crippen molar-refractivity contribution in [2.45, 2.75) is 112 Å². The molecule has 1 aromatic carbocycles. The number of allylic oxidation sites excluding steroid dienone is 1. The SMILES string of the molecule is C=C[C@@H](C)C[C@@H](C[C@H](C)CC#N)Oc1cc(O[C@@H](C)CC[C@@H](C)CC)nc(C(=C)/N=C(\OC)C(C)(C)c2c(C)cccc2F)n1. The Morgan fingerprint density at radius 1 is 1.09 bits per heavy atom. The molecule has 7 nitrogen and oxygen atoms in total. The van der Waals surface area contributed by atoms with Crippen LogP contribution in [0.3, 0.4) is 0 Å². The quantitative estimate of drug-likeness (QED) is 0.0937. The number of rotatable bonds is 18. The lowest BCUT2D eigenvalue weighted by atomic mass is 9.81. The number of hydrogen-bond donors (Lipinski definition) is 0. The summed E-state index contributed by atoms with van der Waals surface area (Å²) in [6.07, 6.45) is 6.44. The van der Waals surface area contributed by atoms with Crippen LogP contribution < -0.4 is 9.47 Å². The molecule has 0 bridgehead atoms. The van der Waals surface area contributed by atoms with Crippen LogP contribution in [0.25, 0.3) is 5.70 Å². The zero-order valence-electron chi connectivity index (χ0n) is 28.8. The number of methoxy groups -OCH3 is 1. The van der Waals surface area contributed by atoms with Crippen molar-refractivity contribution in [3.63, 3.8) is 0 Å². The Hall–Kier alpha value is -3.73. The van der Waals surface area contributed by atoms with Crippen molar-refractivity contribution >= 4 is 11.6 Å². The smallest absolute Gasteiger partial charge is 0.221 e. The highest BCUT2D eigenvalue weighted by Crippen LogP contribution is 2.33. The lowest BCUT2D eigenvalue weighted by Gasteiger charge is -2.28. The summed E-state index contributed by atoms with van der Waals surface area (Å²) in [6, 6.07) is 8.93. The number of nitrogens with zero attached hydrogens (tertiary/aromatic N) is 4. The third-order valence-electron chi connectivity index (χ3n) is 8.26. The van der Waals surface area contributed by atoms with E-state index < -0.39 is 5.41 Å². The molecule has 0 aliphatic carbocycles. The van der Waals surface area contributed by atoms with Crippen molar-refractivity contribution in [2.75, 3.05) is 7.11 Å². The number of hydrogen-bond acceptors (Lipinski definition) is 7. The second-order valence-electron chi connectivity index (χ2n) is 12.9. The van der Waals surface area contributed by atoms with Gasteiger partial charge in [0.25, 0.3) is 0 Å². The molecule has 246 valence electrons. The predicted octanol–water partition coefficient (Wildman–Crippen LogP) is 9.41. The molecule has 0 saturated carbocycles. The van der Waals surface area contributed by atoms with Crippen LogP contribution in [0.15, 0.2) is 48.5 Å². The normalized spacial score (nSPS) is 15.3. The van der Waals surface area contributed by atoms with Gasteiger partial charge in [-0.15, -0.1) is 6.58 Å². The lowest BCUT2D eigenvalue weighted by Crippen LogP contribution is -2.32. The van der Waals surface area contributed by atoms with Gasteiger partial charge in [0.1, 0.15) is 17.6 Å². The zero-order chi connectivity index (χ0) is 33.7. The fourth-order valence-corrected chi connectivity index (χ4v) is 5.35. The molecule has 0 amide bonds. The second kappa shape index (κ2) is 17.7. The van der Waals surface area contributed by atoms with Gasteiger partial charge in [-0.05, 0) is 82.8 Å². The molecular formula is C37H53FN4O3. The van der Waals surface area contributed by atoms with Crippen molar-refractivity contribution in [1.29, 1.82) is 5.26 Å². The molecule has 8 heteroatoms. The summed E-state index contributed by atoms with van der Waals surface area (Å²) in [4.78, 5) is 14.0. The van der Waals surface area contributed by atoms with E-state index in [1.165, 1.54) is 13.2 Å². The molecule has 0 aliphatic rings. The van der Waals surface area contributed by atoms with E-state index in [0.717, 1.165) is 24.8 Å². The molecule has 1 heterocycles. The van der Waals surface area contributed by atoms with E-state index >= 15 is 4.39 Å². The number of nitriles is 1. The van der Waals surface area contributed by atoms with Gasteiger partial charge in [-0.1, -0.05) is 58.9 Å². The van der Waals surface area contributed by atoms with Gasteiger partial charge in [0.05, 0.1) is 30.8 Å². The van der Waals surface area contributed by atoms with E-state index in [2.05, 4.69) is 50.0 Å². The van der Waals surface area contributed by atoms with Gasteiger partial charge >= 0.3 is 0 Å². The summed E-state index contributed by atoms with van der Waals surface area (Å²) in [5.41, 5.74) is 0.592. The number of aromatic nitrogens is 2. The van der Waals surface area contributed by atoms with E-state index in [4.69, 9.17) is 19.2 Å². The van der Waals surface area contributed by atoms with Crippen molar-refractivity contribution in [1.82, 2.24) is 9.97 Å². The molecule has 5 atom stereocenters. The summed E-state index contributed by atoms with van der Waals surface area (Å²) < 4.78 is 33.5. The van der Waals surface area contributed by atoms with Crippen molar-refractivity contribution in [3.8, 4) is 17.8 Å². The Bertz CT molecular complexity index is 1330. The predicted molar refractivity (Wildman–Crippen MR) is 181 cm³/mol. The van der Waals surface area contributed by atoms with Gasteiger partial charge in [-0.25, -0.2) is 9.38 Å². The van der Waals surface area contributed by atoms with Gasteiger partial charge in [-0.2, -0.15) is 15.2 Å². The Labute approximate surface area is 270 Å². The molecule has 0 spiro atoms. The summed E-state index contributed by atoms with van der Waals surface area (Å²) in [7, 11) is 1.51. The molecule has 45 heavy (non-hydrogen) atoms. The first-order valence-corrected chi connectivity index (χ1v) is 16.0. The summed E-state index contributed by atoms with van der Waals surface area (Å²) >= 11 is 0. The Morgan fingerprint density at radius 2 is 1.76 bits per heavy atom. The molecular weight excluding hydrogens is 567 g/mol. The molecule has 0 saturated heterocycles. The third-order valence-corrected chi connectivity index (χ3v) is 8.26. The second-order valence-corrected chi connectivity index (χ2v) is 12.9. The highest BCUT2D eigenvalue weighted by molar-refractivity contribution is 5.91. The van der Waals surface area contributed by atoms with Crippen LogP contribution in [0.2, 0.25) is 0 Å². The third kappa shape index (κ3) is 11.3. The van der Waals surface area contributed by atoms with E-state index in [0.29, 0.717) is 42.5 Å². The van der Waals surface area contributed by atoms with Crippen LogP contribution in [-0.2, 0) is 10.2 Å². The van der Waals surface area contributed by atoms with Crippen molar-refractivity contribution < 1.29 is 18.6 Å². The highest BCUT2D eigenvalue weighted by Gasteiger charge is 2.33. The molecule has 0 aliphatic heterocycles. The highest BCUT2D eigenvalue weighted by atomic mass is 19.1. The van der Waals surface area contributed by atoms with E-state index in [1.807, 2.05) is 46.8 Å². The van der Waals surface area contributed by atoms with Crippen LogP contribution in [0.4, 0.5) is 4.39 Å². The Kier molecular flexibility index (Phi) is 14.7. The topological polar surface area (TPSA) is 89.6 Å². The van der Waals surface area contributed by atoms with Crippen LogP contribution in [0, 0.1) is 41.8 Å². The van der Waals surface area contributed by atoms with Gasteiger partial charge in [0.15, 0.2) is 11.7 Å². The average Bonchev–Trinajstić information content (AvgIpc) is 2.97. The summed E-state index contributed by atoms with van der Waals surface area (Å²) in [5, 5.41) is 9.23. The minimum atomic E-state index is -0.909. The van der Waals surface area contributed by atoms with E-state index in [-0.39, 0.29) is 47.3 Å². The first-order chi connectivity index (χ1) is 21.2. The summed E-state index contributed by atoms with van der Waals surface area (Å²) in [5.74, 6) is 1.77. The fraction of sp³-hybridized carbons (Fsp3) is 0.568. The van der Waals surface area contributed by atoms with Crippen LogP contribution >= 0.6 is 0 Å². The Balaban J connectivity index is 2.54. The maximum absolute atomic E-state index is 15.0. The lowest BCUT2D eigenvalue weighted by molar-refractivity contribution is 0.142. The van der Waals surface area contributed by atoms with Crippen molar-refractivity contribution in [3.05, 3.63) is 66.3 Å². The van der Waals surface area contributed by atoms with Gasteiger partial charge in [0, 0.05) is 12.0 Å². The summed E-state index contributed by atoms with van der Waals surface area (Å²) in [6.45, 7) is 24.2. The number of ether oxygens (including phenoxy) is 3. The molecule has 2 rings (SSSR count). The monoisotopic (exact) mass is 620 g/mol. The van der Waals surface area contributed by atoms with Gasteiger partial charge in [-0.3, -0.25) is 0 Å². The van der Waals surface area contributed by atoms with Gasteiger partial charge in [0.2, 0.25) is 11.8 Å². The molecule has 1 aromatic heterocycles. The minimum Gasteiger partial charge on any atom is -0.483 e. The molecule has 0 N–H and O–H groups in total. The minimum absolute atomic E-state index is 0.0869. The van der Waals surface area contributed by atoms with Crippen LogP contribution in [-0.4, -0.2) is 35.2 Å². The molecule has 0 unspecified atom stereocenters. The fourth-order valence-electron chi connectivity index (χ4n) is 5.35. The number of halogens is 1. The molecule has 0 radical (unpaired) electrons. The maximum Gasteiger partial charge on any atom is 0.221 e. The standard InChI is InChI=1S/C37H53FN4O3/c1-12-24(3)17-18-28(7)44-32-23-33(45-30(21-25(4)13-2)22-26(5)19-20-39)42-35(41-32)29(8)40-36(43-11)37(9,10)34-27(6)15-14-16-31(34)38/h13-16,23-26,28,30H,2,8,12,17-19,21-22H2,1,3-7,9-11H3/b40-36-/t24-,25+,26+,28-,30-/m0/s1. The first-order valence-electron chi connectivity index (χ1n) is 16.0. The van der Waals surface area contributed by atoms with Crippen LogP contribution in [0.5, 0.6) is 11.8 Å². The van der Waals surface area contributed by atoms with Crippen LogP contribution in [0.1, 0.15) is 104 Å². The zero-order valence-corrected chi connectivity index (χ0v) is 28.8. The van der Waals surface area contributed by atoms with E-state index in [9.17, 15) is 5.26 Å². The number of benzene rings is 1. The van der Waals surface area contributed by atoms with E-state index in [1.54, 1.807) is 12.1 Å². The number of aliphatic imine (C=N–C) groups is 1. The molecule has 0 fully saturated rings. The van der Waals surface area contributed by atoms with Crippen molar-refractivity contribution in [2.24, 2.45) is 22.7 Å². The molecule has 2 aromatic rings. The maximum atomic E-state index is 15.0. The number of aryl methyl sites for hydroxylation is 1. The average molecular weight is 621 g/mol. The first kappa shape index (κ1) is 37.5. The Morgan fingerprint density at radius 3 is 2.33 bits per heavy atom. The van der Waals surface area contributed by atoms with Gasteiger partial charge < -0.3 is 14.2 Å². The largest absolute Gasteiger partial charge is 0.483 e.